The van der Waals surface area contributed by atoms with E-state index in [1.165, 1.54) is 23.1 Å². The Morgan fingerprint density at radius 3 is 2.74 bits per heavy atom. The molecule has 3 aromatic rings. The van der Waals surface area contributed by atoms with Crippen molar-refractivity contribution in [2.45, 2.75) is 44.6 Å². The molecule has 2 aromatic heterocycles. The predicted octanol–water partition coefficient (Wildman–Crippen LogP) is 3.96. The SMILES string of the molecule is CCOC(=O)CSc1nc2sc3c(c2c(=O)n1-c1ccc(OC)cc1)CC(C)(C)OC3. The molecule has 1 aliphatic heterocycles. The minimum absolute atomic E-state index is 0.0726. The number of hydrogen-bond acceptors (Lipinski definition) is 8. The van der Waals surface area contributed by atoms with Gasteiger partial charge in [-0.3, -0.25) is 14.2 Å². The number of hydrogen-bond donors (Lipinski definition) is 0. The van der Waals surface area contributed by atoms with Crippen LogP contribution in [0.4, 0.5) is 0 Å². The number of nitrogens with zero attached hydrogens (tertiary/aromatic N) is 2. The summed E-state index contributed by atoms with van der Waals surface area (Å²) in [5.74, 6) is 0.422. The molecule has 0 bridgehead atoms. The van der Waals surface area contributed by atoms with Crippen LogP contribution in [-0.4, -0.2) is 40.6 Å². The predicted molar refractivity (Wildman–Crippen MR) is 122 cm³/mol. The zero-order valence-corrected chi connectivity index (χ0v) is 19.5. The highest BCUT2D eigenvalue weighted by atomic mass is 32.2. The molecule has 0 N–H and O–H groups in total. The first kappa shape index (κ1) is 21.9. The topological polar surface area (TPSA) is 79.7 Å². The average Bonchev–Trinajstić information content (AvgIpc) is 3.09. The van der Waals surface area contributed by atoms with E-state index in [1.807, 2.05) is 26.0 Å². The molecule has 1 aromatic carbocycles. The Labute approximate surface area is 188 Å². The van der Waals surface area contributed by atoms with Crippen molar-refractivity contribution < 1.29 is 19.0 Å². The van der Waals surface area contributed by atoms with Gasteiger partial charge in [-0.15, -0.1) is 11.3 Å². The number of fused-ring (bicyclic) bond motifs is 3. The summed E-state index contributed by atoms with van der Waals surface area (Å²) in [5, 5.41) is 1.09. The van der Waals surface area contributed by atoms with Crippen LogP contribution in [-0.2, 0) is 27.3 Å². The molecule has 4 rings (SSSR count). The van der Waals surface area contributed by atoms with Crippen LogP contribution in [0.1, 0.15) is 31.2 Å². The van der Waals surface area contributed by atoms with Gasteiger partial charge in [-0.1, -0.05) is 11.8 Å². The first-order chi connectivity index (χ1) is 14.8. The molecule has 0 aliphatic carbocycles. The van der Waals surface area contributed by atoms with Crippen LogP contribution in [0, 0.1) is 0 Å². The summed E-state index contributed by atoms with van der Waals surface area (Å²) in [6.45, 7) is 6.60. The third kappa shape index (κ3) is 4.35. The largest absolute Gasteiger partial charge is 0.497 e. The molecular formula is C22H24N2O5S2. The summed E-state index contributed by atoms with van der Waals surface area (Å²) in [6.07, 6.45) is 0.650. The average molecular weight is 461 g/mol. The second-order valence-electron chi connectivity index (χ2n) is 7.74. The lowest BCUT2D eigenvalue weighted by atomic mass is 9.94. The van der Waals surface area contributed by atoms with Crippen molar-refractivity contribution in [1.29, 1.82) is 0 Å². The number of ether oxygens (including phenoxy) is 3. The van der Waals surface area contributed by atoms with Gasteiger partial charge >= 0.3 is 5.97 Å². The number of aromatic nitrogens is 2. The minimum atomic E-state index is -0.344. The Bertz CT molecular complexity index is 1180. The quantitative estimate of drug-likeness (QED) is 0.313. The van der Waals surface area contributed by atoms with Gasteiger partial charge in [0.2, 0.25) is 0 Å². The van der Waals surface area contributed by atoms with Gasteiger partial charge in [0.15, 0.2) is 5.16 Å². The fraction of sp³-hybridized carbons (Fsp3) is 0.409. The number of rotatable bonds is 6. The summed E-state index contributed by atoms with van der Waals surface area (Å²) >= 11 is 2.68. The van der Waals surface area contributed by atoms with Crippen LogP contribution in [0.25, 0.3) is 15.9 Å². The number of methoxy groups -OCH3 is 1. The smallest absolute Gasteiger partial charge is 0.316 e. The van der Waals surface area contributed by atoms with Gasteiger partial charge < -0.3 is 14.2 Å². The number of thioether (sulfide) groups is 1. The van der Waals surface area contributed by atoms with Crippen LogP contribution < -0.4 is 10.3 Å². The number of esters is 1. The van der Waals surface area contributed by atoms with Crippen LogP contribution >= 0.6 is 23.1 Å². The van der Waals surface area contributed by atoms with Crippen molar-refractivity contribution in [3.63, 3.8) is 0 Å². The van der Waals surface area contributed by atoms with Crippen LogP contribution in [0.3, 0.4) is 0 Å². The fourth-order valence-electron chi connectivity index (χ4n) is 3.56. The van der Waals surface area contributed by atoms with Crippen molar-refractivity contribution in [2.24, 2.45) is 0 Å². The van der Waals surface area contributed by atoms with Crippen LogP contribution in [0.2, 0.25) is 0 Å². The molecule has 1 aliphatic rings. The highest BCUT2D eigenvalue weighted by Gasteiger charge is 2.31. The monoisotopic (exact) mass is 460 g/mol. The molecule has 0 fully saturated rings. The standard InChI is InChI=1S/C22H24N2O5S2/c1-5-28-17(25)12-30-21-23-19-18(15-10-22(2,3)29-11-16(15)31-19)20(26)24(21)13-6-8-14(27-4)9-7-13/h6-9H,5,10-12H2,1-4H3. The summed E-state index contributed by atoms with van der Waals surface area (Å²) < 4.78 is 17.8. The summed E-state index contributed by atoms with van der Waals surface area (Å²) in [5.41, 5.74) is 1.20. The van der Waals surface area contributed by atoms with E-state index in [1.54, 1.807) is 30.7 Å². The van der Waals surface area contributed by atoms with Crippen molar-refractivity contribution in [1.82, 2.24) is 9.55 Å². The Hall–Kier alpha value is -2.36. The second kappa shape index (κ2) is 8.64. The molecule has 7 nitrogen and oxygen atoms in total. The third-order valence-corrected chi connectivity index (χ3v) is 7.04. The van der Waals surface area contributed by atoms with Crippen molar-refractivity contribution in [2.75, 3.05) is 19.5 Å². The molecule has 0 amide bonds. The van der Waals surface area contributed by atoms with E-state index >= 15 is 0 Å². The maximum Gasteiger partial charge on any atom is 0.316 e. The van der Waals surface area contributed by atoms with Gasteiger partial charge in [0.1, 0.15) is 10.6 Å². The van der Waals surface area contributed by atoms with E-state index in [-0.39, 0.29) is 22.9 Å². The Kier molecular flexibility index (Phi) is 6.09. The zero-order chi connectivity index (χ0) is 22.2. The molecule has 31 heavy (non-hydrogen) atoms. The molecular weight excluding hydrogens is 436 g/mol. The molecule has 3 heterocycles. The normalized spacial score (nSPS) is 15.0. The first-order valence-corrected chi connectivity index (χ1v) is 11.8. The van der Waals surface area contributed by atoms with E-state index in [0.29, 0.717) is 46.4 Å². The van der Waals surface area contributed by atoms with Gasteiger partial charge in [0.05, 0.1) is 42.8 Å². The highest BCUT2D eigenvalue weighted by molar-refractivity contribution is 7.99. The molecule has 164 valence electrons. The Balaban J connectivity index is 1.88. The second-order valence-corrected chi connectivity index (χ2v) is 9.76. The van der Waals surface area contributed by atoms with E-state index in [9.17, 15) is 9.59 Å². The van der Waals surface area contributed by atoms with Crippen LogP contribution in [0.5, 0.6) is 5.75 Å². The first-order valence-electron chi connectivity index (χ1n) is 9.97. The highest BCUT2D eigenvalue weighted by Crippen LogP contribution is 2.38. The molecule has 0 atom stereocenters. The Morgan fingerprint density at radius 2 is 2.06 bits per heavy atom. The minimum Gasteiger partial charge on any atom is -0.497 e. The van der Waals surface area contributed by atoms with Gasteiger partial charge in [-0.05, 0) is 50.6 Å². The molecule has 0 saturated heterocycles. The van der Waals surface area contributed by atoms with Gasteiger partial charge in [-0.25, -0.2) is 4.98 Å². The van der Waals surface area contributed by atoms with Gasteiger partial charge in [-0.2, -0.15) is 0 Å². The van der Waals surface area contributed by atoms with Gasteiger partial charge in [0.25, 0.3) is 5.56 Å². The van der Waals surface area contributed by atoms with E-state index in [4.69, 9.17) is 19.2 Å². The van der Waals surface area contributed by atoms with Crippen molar-refractivity contribution >= 4 is 39.3 Å². The summed E-state index contributed by atoms with van der Waals surface area (Å²) in [7, 11) is 1.59. The van der Waals surface area contributed by atoms with Crippen LogP contribution in [0.15, 0.2) is 34.2 Å². The Morgan fingerprint density at radius 1 is 1.32 bits per heavy atom. The third-order valence-electron chi connectivity index (χ3n) is 5.03. The maximum atomic E-state index is 13.7. The molecule has 0 saturated carbocycles. The molecule has 0 spiro atoms. The molecule has 0 unspecified atom stereocenters. The van der Waals surface area contributed by atoms with E-state index in [2.05, 4.69) is 0 Å². The van der Waals surface area contributed by atoms with E-state index < -0.39 is 0 Å². The number of benzene rings is 1. The van der Waals surface area contributed by atoms with E-state index in [0.717, 1.165) is 10.4 Å². The lowest BCUT2D eigenvalue weighted by molar-refractivity contribution is -0.139. The lowest BCUT2D eigenvalue weighted by Crippen LogP contribution is -2.32. The number of carbonyl (C=O) groups excluding carboxylic acids is 1. The number of carbonyl (C=O) groups is 1. The molecule has 9 heteroatoms. The number of thiophene rings is 1. The maximum absolute atomic E-state index is 13.7. The van der Waals surface area contributed by atoms with Crippen molar-refractivity contribution in [3.8, 4) is 11.4 Å². The summed E-state index contributed by atoms with van der Waals surface area (Å²) in [6, 6.07) is 7.22. The fourth-order valence-corrected chi connectivity index (χ4v) is 5.51. The zero-order valence-electron chi connectivity index (χ0n) is 17.9. The lowest BCUT2D eigenvalue weighted by Gasteiger charge is -2.29. The molecule has 0 radical (unpaired) electrons. The van der Waals surface area contributed by atoms with Crippen molar-refractivity contribution in [3.05, 3.63) is 45.1 Å². The summed E-state index contributed by atoms with van der Waals surface area (Å²) in [4.78, 5) is 32.2. The van der Waals surface area contributed by atoms with Gasteiger partial charge in [0, 0.05) is 11.3 Å².